The van der Waals surface area contributed by atoms with Crippen molar-refractivity contribution in [1.82, 2.24) is 15.2 Å². The van der Waals surface area contributed by atoms with E-state index >= 15 is 0 Å². The largest absolute Gasteiger partial charge is 0.480 e. The molecule has 174 valence electrons. The number of ether oxygens (including phenoxy) is 1. The van der Waals surface area contributed by atoms with Gasteiger partial charge >= 0.3 is 18.1 Å². The van der Waals surface area contributed by atoms with Crippen LogP contribution in [-0.4, -0.2) is 28.4 Å². The Bertz CT molecular complexity index is 1310. The number of amides is 2. The van der Waals surface area contributed by atoms with Crippen LogP contribution in [0.1, 0.15) is 11.1 Å². The number of rotatable bonds is 6. The van der Waals surface area contributed by atoms with Crippen molar-refractivity contribution >= 4 is 17.6 Å². The summed E-state index contributed by atoms with van der Waals surface area (Å²) in [6.45, 7) is 0.324. The van der Waals surface area contributed by atoms with Crippen molar-refractivity contribution < 1.29 is 31.9 Å². The zero-order valence-corrected chi connectivity index (χ0v) is 17.7. The van der Waals surface area contributed by atoms with Gasteiger partial charge in [0.15, 0.2) is 0 Å². The van der Waals surface area contributed by atoms with Crippen molar-refractivity contribution in [2.24, 2.45) is 0 Å². The van der Waals surface area contributed by atoms with Crippen molar-refractivity contribution in [3.63, 3.8) is 0 Å². The van der Waals surface area contributed by atoms with E-state index in [0.717, 1.165) is 28.8 Å². The van der Waals surface area contributed by atoms with Gasteiger partial charge in [0, 0.05) is 17.4 Å². The normalized spacial score (nSPS) is 11.2. The molecule has 2 heterocycles. The SMILES string of the molecule is COc1ncncc1-c1cccc(C[n+]2cc(NC(=O)Nc3cccc(C(F)(F)F)c3)on2)c1. The molecule has 0 saturated carbocycles. The Labute approximate surface area is 191 Å². The van der Waals surface area contributed by atoms with Crippen LogP contribution in [0.4, 0.5) is 29.5 Å². The van der Waals surface area contributed by atoms with Crippen LogP contribution in [0.3, 0.4) is 0 Å². The zero-order valence-electron chi connectivity index (χ0n) is 17.7. The molecule has 34 heavy (non-hydrogen) atoms. The fraction of sp³-hybridized carbons (Fsp3) is 0.136. The molecule has 2 aromatic heterocycles. The molecule has 4 aromatic rings. The van der Waals surface area contributed by atoms with Crippen molar-refractivity contribution in [2.45, 2.75) is 12.7 Å². The number of anilines is 2. The summed E-state index contributed by atoms with van der Waals surface area (Å²) in [7, 11) is 1.53. The highest BCUT2D eigenvalue weighted by atomic mass is 19.4. The Morgan fingerprint density at radius 3 is 2.76 bits per heavy atom. The number of carbonyl (C=O) groups excluding carboxylic acids is 1. The number of methoxy groups -OCH3 is 1. The van der Waals surface area contributed by atoms with E-state index in [4.69, 9.17) is 9.26 Å². The number of carbonyl (C=O) groups is 1. The van der Waals surface area contributed by atoms with Gasteiger partial charge < -0.3 is 10.1 Å². The molecule has 0 bridgehead atoms. The monoisotopic (exact) mass is 471 g/mol. The van der Waals surface area contributed by atoms with E-state index in [1.54, 1.807) is 6.20 Å². The molecule has 0 radical (unpaired) electrons. The minimum Gasteiger partial charge on any atom is -0.480 e. The van der Waals surface area contributed by atoms with E-state index in [2.05, 4.69) is 25.9 Å². The first-order chi connectivity index (χ1) is 16.3. The van der Waals surface area contributed by atoms with Gasteiger partial charge in [-0.1, -0.05) is 24.3 Å². The molecular formula is C22H18F3N6O3+. The van der Waals surface area contributed by atoms with Gasteiger partial charge in [-0.15, -0.1) is 0 Å². The summed E-state index contributed by atoms with van der Waals surface area (Å²) in [5.41, 5.74) is 1.56. The number of hydrogen-bond acceptors (Lipinski definition) is 6. The molecular weight excluding hydrogens is 453 g/mol. The van der Waals surface area contributed by atoms with Crippen LogP contribution in [-0.2, 0) is 12.7 Å². The fourth-order valence-electron chi connectivity index (χ4n) is 3.16. The topological polar surface area (TPSA) is 106 Å². The van der Waals surface area contributed by atoms with Gasteiger partial charge in [-0.05, 0) is 34.5 Å². The molecule has 0 fully saturated rings. The van der Waals surface area contributed by atoms with Gasteiger partial charge in [0.1, 0.15) is 6.33 Å². The summed E-state index contributed by atoms with van der Waals surface area (Å²) in [6.07, 6.45) is -0.0143. The molecule has 0 unspecified atom stereocenters. The van der Waals surface area contributed by atoms with Crippen LogP contribution < -0.4 is 20.1 Å². The predicted octanol–water partition coefficient (Wildman–Crippen LogP) is 4.14. The number of nitrogens with zero attached hydrogens (tertiary/aromatic N) is 4. The highest BCUT2D eigenvalue weighted by Crippen LogP contribution is 2.30. The summed E-state index contributed by atoms with van der Waals surface area (Å²) in [5.74, 6) is 0.457. The Morgan fingerprint density at radius 1 is 1.15 bits per heavy atom. The molecule has 0 aliphatic carbocycles. The molecule has 9 nitrogen and oxygen atoms in total. The van der Waals surface area contributed by atoms with Crippen LogP contribution >= 0.6 is 0 Å². The third-order valence-corrected chi connectivity index (χ3v) is 4.65. The Kier molecular flexibility index (Phi) is 6.39. The molecule has 0 saturated heterocycles. The van der Waals surface area contributed by atoms with Gasteiger partial charge in [-0.25, -0.2) is 14.8 Å². The molecule has 0 spiro atoms. The average Bonchev–Trinajstić information content (AvgIpc) is 3.25. The third-order valence-electron chi connectivity index (χ3n) is 4.65. The van der Waals surface area contributed by atoms with E-state index in [9.17, 15) is 18.0 Å². The second-order valence-electron chi connectivity index (χ2n) is 7.07. The summed E-state index contributed by atoms with van der Waals surface area (Å²) in [6, 6.07) is 11.1. The lowest BCUT2D eigenvalue weighted by Gasteiger charge is -2.09. The number of benzene rings is 2. The van der Waals surface area contributed by atoms with Crippen LogP contribution in [0, 0.1) is 0 Å². The van der Waals surface area contributed by atoms with E-state index in [1.807, 2.05) is 24.3 Å². The number of halogens is 3. The predicted molar refractivity (Wildman–Crippen MR) is 114 cm³/mol. The molecule has 2 aromatic carbocycles. The highest BCUT2D eigenvalue weighted by molar-refractivity contribution is 5.98. The average molecular weight is 471 g/mol. The highest BCUT2D eigenvalue weighted by Gasteiger charge is 2.30. The molecule has 2 N–H and O–H groups in total. The maximum Gasteiger partial charge on any atom is 0.416 e. The lowest BCUT2D eigenvalue weighted by molar-refractivity contribution is -0.754. The smallest absolute Gasteiger partial charge is 0.416 e. The second kappa shape index (κ2) is 9.57. The molecule has 0 atom stereocenters. The van der Waals surface area contributed by atoms with Gasteiger partial charge in [0.05, 0.1) is 18.2 Å². The minimum absolute atomic E-state index is 0.0127. The molecule has 2 amide bonds. The van der Waals surface area contributed by atoms with E-state index in [0.29, 0.717) is 12.4 Å². The van der Waals surface area contributed by atoms with Crippen molar-refractivity contribution in [3.05, 3.63) is 78.4 Å². The summed E-state index contributed by atoms with van der Waals surface area (Å²) in [5, 5.41) is 8.58. The Balaban J connectivity index is 1.41. The summed E-state index contributed by atoms with van der Waals surface area (Å²) >= 11 is 0. The zero-order chi connectivity index (χ0) is 24.1. The van der Waals surface area contributed by atoms with Gasteiger partial charge in [-0.2, -0.15) is 13.2 Å². The number of hydrogen-bond donors (Lipinski definition) is 2. The Hall–Kier alpha value is -4.48. The fourth-order valence-corrected chi connectivity index (χ4v) is 3.16. The maximum absolute atomic E-state index is 12.8. The van der Waals surface area contributed by atoms with Gasteiger partial charge in [0.25, 0.3) is 6.20 Å². The first-order valence-corrected chi connectivity index (χ1v) is 9.87. The first-order valence-electron chi connectivity index (χ1n) is 9.87. The van der Waals surface area contributed by atoms with Gasteiger partial charge in [-0.3, -0.25) is 9.84 Å². The molecule has 0 aliphatic rings. The molecule has 4 rings (SSSR count). The number of alkyl halides is 3. The van der Waals surface area contributed by atoms with Crippen molar-refractivity contribution in [1.29, 1.82) is 0 Å². The van der Waals surface area contributed by atoms with Crippen LogP contribution in [0.15, 0.2) is 71.8 Å². The van der Waals surface area contributed by atoms with Crippen LogP contribution in [0.2, 0.25) is 0 Å². The maximum atomic E-state index is 12.8. The minimum atomic E-state index is -4.51. The summed E-state index contributed by atoms with van der Waals surface area (Å²) < 4.78 is 50.3. The van der Waals surface area contributed by atoms with Crippen LogP contribution in [0.25, 0.3) is 11.1 Å². The molecule has 0 aliphatic heterocycles. The number of aromatic nitrogens is 4. The van der Waals surface area contributed by atoms with E-state index < -0.39 is 17.8 Å². The quantitative estimate of drug-likeness (QED) is 0.410. The number of nitrogens with one attached hydrogen (secondary N) is 2. The van der Waals surface area contributed by atoms with Crippen LogP contribution in [0.5, 0.6) is 5.88 Å². The lowest BCUT2D eigenvalue weighted by Crippen LogP contribution is -2.35. The van der Waals surface area contributed by atoms with Crippen molar-refractivity contribution in [3.8, 4) is 17.0 Å². The van der Waals surface area contributed by atoms with E-state index in [-0.39, 0.29) is 11.6 Å². The molecule has 12 heteroatoms. The standard InChI is InChI=1S/C22H17F3N6O3/c1-33-20-18(10-26-13-27-20)15-5-2-4-14(8-15)11-31-12-19(34-30-31)29-21(32)28-17-7-3-6-16(9-17)22(23,24)25/h2-10,12-13H,11H2,1H3,(H-,28,29,30,32)/p+1. The Morgan fingerprint density at radius 2 is 1.97 bits per heavy atom. The lowest BCUT2D eigenvalue weighted by atomic mass is 10.1. The van der Waals surface area contributed by atoms with E-state index in [1.165, 1.54) is 36.4 Å². The van der Waals surface area contributed by atoms with Crippen molar-refractivity contribution in [2.75, 3.05) is 17.7 Å². The first kappa shape index (κ1) is 22.7. The van der Waals surface area contributed by atoms with Gasteiger partial charge in [0.2, 0.25) is 17.7 Å². The third kappa shape index (κ3) is 5.46. The second-order valence-corrected chi connectivity index (χ2v) is 7.07. The summed E-state index contributed by atoms with van der Waals surface area (Å²) in [4.78, 5) is 20.3. The number of urea groups is 1.